The number of aliphatic hydroxyl groups excluding tert-OH is 1. The summed E-state index contributed by atoms with van der Waals surface area (Å²) in [4.78, 5) is 9.40. The molecule has 5 heteroatoms. The van der Waals surface area contributed by atoms with Crippen LogP contribution in [0.2, 0.25) is 0 Å². The van der Waals surface area contributed by atoms with Crippen molar-refractivity contribution < 1.29 is 5.11 Å². The van der Waals surface area contributed by atoms with Crippen molar-refractivity contribution in [3.05, 3.63) is 48.5 Å². The molecule has 0 aliphatic carbocycles. The third kappa shape index (κ3) is 1.82. The highest BCUT2D eigenvalue weighted by Gasteiger charge is 2.12. The zero-order valence-electron chi connectivity index (χ0n) is 11.3. The molecular weight excluding hydrogens is 264 g/mol. The summed E-state index contributed by atoms with van der Waals surface area (Å²) in [6.45, 7) is 0.510. The van der Waals surface area contributed by atoms with Crippen molar-refractivity contribution in [1.82, 2.24) is 14.4 Å². The van der Waals surface area contributed by atoms with Gasteiger partial charge in [-0.2, -0.15) is 0 Å². The number of nitrogens with zero attached hydrogens (tertiary/aromatic N) is 3. The van der Waals surface area contributed by atoms with Crippen LogP contribution >= 0.6 is 0 Å². The quantitative estimate of drug-likeness (QED) is 0.604. The zero-order chi connectivity index (χ0) is 14.2. The lowest BCUT2D eigenvalue weighted by Gasteiger charge is -2.09. The van der Waals surface area contributed by atoms with Gasteiger partial charge < -0.3 is 10.4 Å². The van der Waals surface area contributed by atoms with E-state index in [-0.39, 0.29) is 6.61 Å². The largest absolute Gasteiger partial charge is 0.395 e. The number of anilines is 1. The highest BCUT2D eigenvalue weighted by Crippen LogP contribution is 2.26. The summed E-state index contributed by atoms with van der Waals surface area (Å²) in [6, 6.07) is 15.9. The third-order valence-electron chi connectivity index (χ3n) is 3.54. The Bertz CT molecular complexity index is 945. The maximum Gasteiger partial charge on any atom is 0.209 e. The van der Waals surface area contributed by atoms with Crippen molar-refractivity contribution in [2.75, 3.05) is 18.5 Å². The molecule has 21 heavy (non-hydrogen) atoms. The minimum atomic E-state index is 0.0582. The van der Waals surface area contributed by atoms with Crippen LogP contribution in [0.4, 0.5) is 5.95 Å². The topological polar surface area (TPSA) is 62.5 Å². The number of hydrogen-bond acceptors (Lipinski definition) is 4. The van der Waals surface area contributed by atoms with Crippen molar-refractivity contribution in [1.29, 1.82) is 0 Å². The van der Waals surface area contributed by atoms with Crippen LogP contribution in [0.15, 0.2) is 48.5 Å². The smallest absolute Gasteiger partial charge is 0.209 e. The summed E-state index contributed by atoms with van der Waals surface area (Å²) in [5.74, 6) is 0.700. The van der Waals surface area contributed by atoms with Gasteiger partial charge in [0.15, 0.2) is 0 Å². The second-order valence-corrected chi connectivity index (χ2v) is 4.86. The second kappa shape index (κ2) is 4.71. The lowest BCUT2D eigenvalue weighted by Crippen LogP contribution is -2.11. The fourth-order valence-corrected chi connectivity index (χ4v) is 2.63. The Morgan fingerprint density at radius 2 is 1.71 bits per heavy atom. The standard InChI is InChI=1S/C16H14N4O/c21-10-9-17-16-19-12-6-2-1-5-11(12)15-18-13-7-3-4-8-14(13)20(15)16/h1-8,21H,9-10H2,(H,17,19). The van der Waals surface area contributed by atoms with E-state index in [0.29, 0.717) is 12.5 Å². The van der Waals surface area contributed by atoms with Gasteiger partial charge in [-0.1, -0.05) is 24.3 Å². The highest BCUT2D eigenvalue weighted by molar-refractivity contribution is 5.97. The summed E-state index contributed by atoms with van der Waals surface area (Å²) in [7, 11) is 0. The lowest BCUT2D eigenvalue weighted by molar-refractivity contribution is 0.311. The van der Waals surface area contributed by atoms with Gasteiger partial charge >= 0.3 is 0 Å². The number of fused-ring (bicyclic) bond motifs is 5. The van der Waals surface area contributed by atoms with Gasteiger partial charge in [-0.25, -0.2) is 9.97 Å². The number of rotatable bonds is 3. The van der Waals surface area contributed by atoms with Gasteiger partial charge in [0.25, 0.3) is 0 Å². The van der Waals surface area contributed by atoms with Crippen molar-refractivity contribution in [3.8, 4) is 0 Å². The van der Waals surface area contributed by atoms with Crippen LogP contribution < -0.4 is 5.32 Å². The van der Waals surface area contributed by atoms with Crippen molar-refractivity contribution in [2.45, 2.75) is 0 Å². The molecule has 0 atom stereocenters. The maximum absolute atomic E-state index is 9.06. The number of imidazole rings is 1. The summed E-state index contributed by atoms with van der Waals surface area (Å²) >= 11 is 0. The molecule has 2 aromatic heterocycles. The Morgan fingerprint density at radius 1 is 0.952 bits per heavy atom. The summed E-state index contributed by atoms with van der Waals surface area (Å²) < 4.78 is 2.01. The average Bonchev–Trinajstić information content (AvgIpc) is 2.92. The summed E-state index contributed by atoms with van der Waals surface area (Å²) in [6.07, 6.45) is 0. The Kier molecular flexibility index (Phi) is 2.72. The Morgan fingerprint density at radius 3 is 2.57 bits per heavy atom. The molecule has 0 aliphatic heterocycles. The summed E-state index contributed by atoms with van der Waals surface area (Å²) in [5.41, 5.74) is 3.71. The molecule has 0 amide bonds. The molecule has 0 unspecified atom stereocenters. The van der Waals surface area contributed by atoms with E-state index in [1.165, 1.54) is 0 Å². The highest BCUT2D eigenvalue weighted by atomic mass is 16.3. The van der Waals surface area contributed by atoms with E-state index in [1.807, 2.05) is 52.9 Å². The first kappa shape index (κ1) is 12.1. The molecule has 2 heterocycles. The number of benzene rings is 2. The van der Waals surface area contributed by atoms with E-state index in [2.05, 4.69) is 10.3 Å². The van der Waals surface area contributed by atoms with Crippen LogP contribution in [-0.2, 0) is 0 Å². The van der Waals surface area contributed by atoms with Gasteiger partial charge in [0.05, 0.1) is 23.2 Å². The average molecular weight is 278 g/mol. The molecule has 2 aromatic carbocycles. The van der Waals surface area contributed by atoms with Gasteiger partial charge in [-0.3, -0.25) is 4.40 Å². The van der Waals surface area contributed by atoms with Gasteiger partial charge in [0, 0.05) is 11.9 Å². The molecule has 0 fully saturated rings. The number of nitrogens with one attached hydrogen (secondary N) is 1. The fraction of sp³-hybridized carbons (Fsp3) is 0.125. The molecule has 0 aliphatic rings. The van der Waals surface area contributed by atoms with Crippen LogP contribution in [-0.4, -0.2) is 32.6 Å². The normalized spacial score (nSPS) is 11.5. The van der Waals surface area contributed by atoms with E-state index in [0.717, 1.165) is 27.6 Å². The molecular formula is C16H14N4O. The molecule has 0 bridgehead atoms. The molecule has 5 nitrogen and oxygen atoms in total. The minimum absolute atomic E-state index is 0.0582. The number of aliphatic hydroxyl groups is 1. The first-order chi connectivity index (χ1) is 10.4. The number of hydrogen-bond donors (Lipinski definition) is 2. The van der Waals surface area contributed by atoms with Gasteiger partial charge in [-0.15, -0.1) is 0 Å². The number of para-hydroxylation sites is 3. The Balaban J connectivity index is 2.16. The van der Waals surface area contributed by atoms with Crippen molar-refractivity contribution in [3.63, 3.8) is 0 Å². The Hall–Kier alpha value is -2.66. The van der Waals surface area contributed by atoms with Crippen molar-refractivity contribution >= 4 is 33.5 Å². The predicted molar refractivity (Wildman–Crippen MR) is 83.6 cm³/mol. The van der Waals surface area contributed by atoms with Gasteiger partial charge in [0.1, 0.15) is 5.65 Å². The molecule has 104 valence electrons. The Labute approximate surface area is 120 Å². The lowest BCUT2D eigenvalue weighted by atomic mass is 10.2. The SMILES string of the molecule is OCCNc1nc2ccccc2c2nc3ccccc3n12. The van der Waals surface area contributed by atoms with E-state index < -0.39 is 0 Å². The zero-order valence-corrected chi connectivity index (χ0v) is 11.3. The van der Waals surface area contributed by atoms with Crippen LogP contribution in [0.1, 0.15) is 0 Å². The first-order valence-corrected chi connectivity index (χ1v) is 6.89. The molecule has 0 saturated carbocycles. The van der Waals surface area contributed by atoms with Crippen LogP contribution in [0.5, 0.6) is 0 Å². The molecule has 2 N–H and O–H groups in total. The van der Waals surface area contributed by atoms with E-state index in [9.17, 15) is 0 Å². The second-order valence-electron chi connectivity index (χ2n) is 4.86. The van der Waals surface area contributed by atoms with Gasteiger partial charge in [0.2, 0.25) is 5.95 Å². The summed E-state index contributed by atoms with van der Waals surface area (Å²) in [5, 5.41) is 13.2. The molecule has 0 saturated heterocycles. The van der Waals surface area contributed by atoms with E-state index in [1.54, 1.807) is 0 Å². The fourth-order valence-electron chi connectivity index (χ4n) is 2.63. The van der Waals surface area contributed by atoms with E-state index in [4.69, 9.17) is 10.1 Å². The maximum atomic E-state index is 9.06. The van der Waals surface area contributed by atoms with Crippen LogP contribution in [0, 0.1) is 0 Å². The first-order valence-electron chi connectivity index (χ1n) is 6.89. The monoisotopic (exact) mass is 278 g/mol. The third-order valence-corrected chi connectivity index (χ3v) is 3.54. The minimum Gasteiger partial charge on any atom is -0.395 e. The van der Waals surface area contributed by atoms with Crippen LogP contribution in [0.3, 0.4) is 0 Å². The molecule has 0 spiro atoms. The molecule has 4 rings (SSSR count). The van der Waals surface area contributed by atoms with Crippen molar-refractivity contribution in [2.24, 2.45) is 0 Å². The number of aromatic nitrogens is 3. The van der Waals surface area contributed by atoms with E-state index >= 15 is 0 Å². The predicted octanol–water partition coefficient (Wildman–Crippen LogP) is 2.44. The van der Waals surface area contributed by atoms with Gasteiger partial charge in [-0.05, 0) is 24.3 Å². The molecule has 4 aromatic rings. The van der Waals surface area contributed by atoms with Crippen LogP contribution in [0.25, 0.3) is 27.6 Å². The molecule has 0 radical (unpaired) electrons.